The number of hydrogen-bond donors (Lipinski definition) is 0. The molecule has 1 radical (unpaired) electrons. The molecule has 0 aromatic heterocycles. The molecule has 65 valence electrons. The zero-order valence-corrected chi connectivity index (χ0v) is 7.58. The summed E-state index contributed by atoms with van der Waals surface area (Å²) in [5.41, 5.74) is 0. The molecule has 2 heteroatoms. The number of hydrogen-bond acceptors (Lipinski definition) is 2. The van der Waals surface area contributed by atoms with Gasteiger partial charge in [0.05, 0.1) is 0 Å². The van der Waals surface area contributed by atoms with E-state index in [9.17, 15) is 0 Å². The Morgan fingerprint density at radius 2 is 2.25 bits per heavy atom. The highest BCUT2D eigenvalue weighted by atomic mass is 16.5. The highest BCUT2D eigenvalue weighted by Gasteiger charge is 1.92. The lowest BCUT2D eigenvalue weighted by Crippen LogP contribution is -2.19. The highest BCUT2D eigenvalue weighted by molar-refractivity contribution is 5.19. The van der Waals surface area contributed by atoms with Crippen molar-refractivity contribution < 1.29 is 4.74 Å². The van der Waals surface area contributed by atoms with Gasteiger partial charge in [-0.25, -0.2) is 0 Å². The van der Waals surface area contributed by atoms with E-state index in [1.54, 1.807) is 0 Å². The van der Waals surface area contributed by atoms with Gasteiger partial charge in [0, 0.05) is 12.6 Å². The van der Waals surface area contributed by atoms with Gasteiger partial charge in [0.1, 0.15) is 12.4 Å². The maximum atomic E-state index is 5.42. The van der Waals surface area contributed by atoms with Gasteiger partial charge in [-0.15, -0.1) is 0 Å². The van der Waals surface area contributed by atoms with Crippen molar-refractivity contribution in [2.75, 3.05) is 27.2 Å². The van der Waals surface area contributed by atoms with E-state index in [1.807, 2.05) is 38.4 Å². The first-order valence-electron chi connectivity index (χ1n) is 4.03. The molecular formula is C10H14NO. The number of ether oxygens (including phenoxy) is 1. The van der Waals surface area contributed by atoms with Crippen molar-refractivity contribution in [1.82, 2.24) is 4.90 Å². The first kappa shape index (κ1) is 9.07. The van der Waals surface area contributed by atoms with Crippen LogP contribution in [-0.4, -0.2) is 32.1 Å². The molecule has 0 bridgehead atoms. The normalized spacial score (nSPS) is 10.2. The minimum Gasteiger partial charge on any atom is -0.492 e. The van der Waals surface area contributed by atoms with Crippen molar-refractivity contribution in [3.63, 3.8) is 0 Å². The van der Waals surface area contributed by atoms with Crippen molar-refractivity contribution in [3.8, 4) is 5.75 Å². The van der Waals surface area contributed by atoms with E-state index in [2.05, 4.69) is 11.0 Å². The Hall–Kier alpha value is -1.02. The Labute approximate surface area is 73.8 Å². The molecule has 12 heavy (non-hydrogen) atoms. The number of benzene rings is 1. The first-order valence-corrected chi connectivity index (χ1v) is 4.03. The maximum absolute atomic E-state index is 5.42. The molecule has 0 atom stereocenters. The minimum atomic E-state index is 0.716. The lowest BCUT2D eigenvalue weighted by molar-refractivity contribution is 0.261. The SMILES string of the molecule is CN(C)CCOc1[c]cccc1. The Bertz CT molecular complexity index is 208. The summed E-state index contributed by atoms with van der Waals surface area (Å²) in [7, 11) is 4.05. The summed E-state index contributed by atoms with van der Waals surface area (Å²) in [4.78, 5) is 2.09. The van der Waals surface area contributed by atoms with Gasteiger partial charge in [0.2, 0.25) is 0 Å². The molecule has 0 saturated heterocycles. The third-order valence-electron chi connectivity index (χ3n) is 1.48. The van der Waals surface area contributed by atoms with Crippen molar-refractivity contribution in [1.29, 1.82) is 0 Å². The lowest BCUT2D eigenvalue weighted by atomic mass is 10.3. The average Bonchev–Trinajstić information content (AvgIpc) is 2.05. The van der Waals surface area contributed by atoms with Gasteiger partial charge in [-0.1, -0.05) is 18.2 Å². The molecule has 1 aromatic carbocycles. The minimum absolute atomic E-state index is 0.716. The van der Waals surface area contributed by atoms with Gasteiger partial charge in [0.15, 0.2) is 0 Å². The van der Waals surface area contributed by atoms with Crippen LogP contribution in [0.15, 0.2) is 24.3 Å². The quantitative estimate of drug-likeness (QED) is 0.667. The third kappa shape index (κ3) is 3.39. The molecule has 0 heterocycles. The number of rotatable bonds is 4. The van der Waals surface area contributed by atoms with Gasteiger partial charge in [-0.05, 0) is 20.2 Å². The zero-order chi connectivity index (χ0) is 8.81. The van der Waals surface area contributed by atoms with Crippen LogP contribution >= 0.6 is 0 Å². The fourth-order valence-corrected chi connectivity index (χ4v) is 0.805. The molecule has 0 unspecified atom stereocenters. The van der Waals surface area contributed by atoms with E-state index in [4.69, 9.17) is 4.74 Å². The molecule has 2 nitrogen and oxygen atoms in total. The van der Waals surface area contributed by atoms with Crippen LogP contribution in [0.3, 0.4) is 0 Å². The smallest absolute Gasteiger partial charge is 0.127 e. The molecule has 0 aliphatic rings. The second-order valence-electron chi connectivity index (χ2n) is 2.88. The van der Waals surface area contributed by atoms with Crippen LogP contribution < -0.4 is 4.74 Å². The second-order valence-corrected chi connectivity index (χ2v) is 2.88. The molecule has 1 aromatic rings. The third-order valence-corrected chi connectivity index (χ3v) is 1.48. The fourth-order valence-electron chi connectivity index (χ4n) is 0.805. The molecule has 0 N–H and O–H groups in total. The summed E-state index contributed by atoms with van der Waals surface area (Å²) >= 11 is 0. The van der Waals surface area contributed by atoms with Crippen LogP contribution in [-0.2, 0) is 0 Å². The molecule has 0 amide bonds. The maximum Gasteiger partial charge on any atom is 0.127 e. The van der Waals surface area contributed by atoms with Crippen molar-refractivity contribution in [2.45, 2.75) is 0 Å². The van der Waals surface area contributed by atoms with Crippen LogP contribution in [0.4, 0.5) is 0 Å². The van der Waals surface area contributed by atoms with Crippen LogP contribution in [0.25, 0.3) is 0 Å². The topological polar surface area (TPSA) is 12.5 Å². The fraction of sp³-hybridized carbons (Fsp3) is 0.400. The van der Waals surface area contributed by atoms with E-state index in [-0.39, 0.29) is 0 Å². The van der Waals surface area contributed by atoms with Gasteiger partial charge in [-0.3, -0.25) is 0 Å². The monoisotopic (exact) mass is 164 g/mol. The summed E-state index contributed by atoms with van der Waals surface area (Å²) < 4.78 is 5.42. The molecule has 0 aliphatic heterocycles. The molecule has 0 saturated carbocycles. The van der Waals surface area contributed by atoms with E-state index >= 15 is 0 Å². The average molecular weight is 164 g/mol. The standard InChI is InChI=1S/C10H14NO/c1-11(2)8-9-12-10-6-4-3-5-7-10/h3-6H,8-9H2,1-2H3. The van der Waals surface area contributed by atoms with Crippen LogP contribution in [0, 0.1) is 6.07 Å². The Morgan fingerprint density at radius 3 is 2.83 bits per heavy atom. The summed E-state index contributed by atoms with van der Waals surface area (Å²) in [6.07, 6.45) is 0. The van der Waals surface area contributed by atoms with Gasteiger partial charge in [-0.2, -0.15) is 0 Å². The molecule has 0 aliphatic carbocycles. The molecular weight excluding hydrogens is 150 g/mol. The first-order chi connectivity index (χ1) is 5.79. The van der Waals surface area contributed by atoms with Gasteiger partial charge in [0.25, 0.3) is 0 Å². The highest BCUT2D eigenvalue weighted by Crippen LogP contribution is 2.06. The molecule has 1 rings (SSSR count). The summed E-state index contributed by atoms with van der Waals surface area (Å²) in [5.74, 6) is 0.819. The van der Waals surface area contributed by atoms with E-state index < -0.39 is 0 Å². The predicted molar refractivity (Wildman–Crippen MR) is 49.3 cm³/mol. The van der Waals surface area contributed by atoms with E-state index in [0.29, 0.717) is 6.61 Å². The summed E-state index contributed by atoms with van der Waals surface area (Å²) in [6, 6.07) is 10.6. The molecule has 0 fully saturated rings. The Morgan fingerprint density at radius 1 is 1.42 bits per heavy atom. The summed E-state index contributed by atoms with van der Waals surface area (Å²) in [6.45, 7) is 1.65. The van der Waals surface area contributed by atoms with Crippen molar-refractivity contribution in [3.05, 3.63) is 30.3 Å². The number of nitrogens with zero attached hydrogens (tertiary/aromatic N) is 1. The van der Waals surface area contributed by atoms with Crippen LogP contribution in [0.2, 0.25) is 0 Å². The van der Waals surface area contributed by atoms with Crippen LogP contribution in [0.1, 0.15) is 0 Å². The number of para-hydroxylation sites is 1. The van der Waals surface area contributed by atoms with Gasteiger partial charge < -0.3 is 9.64 Å². The largest absolute Gasteiger partial charge is 0.492 e. The van der Waals surface area contributed by atoms with Gasteiger partial charge >= 0.3 is 0 Å². The molecule has 0 spiro atoms. The van der Waals surface area contributed by atoms with Crippen molar-refractivity contribution in [2.24, 2.45) is 0 Å². The number of likely N-dealkylation sites (N-methyl/N-ethyl adjacent to an activating group) is 1. The van der Waals surface area contributed by atoms with E-state index in [0.717, 1.165) is 12.3 Å². The van der Waals surface area contributed by atoms with Crippen molar-refractivity contribution >= 4 is 0 Å². The second kappa shape index (κ2) is 4.78. The Balaban J connectivity index is 2.25. The zero-order valence-electron chi connectivity index (χ0n) is 7.58. The lowest BCUT2D eigenvalue weighted by Gasteiger charge is -2.10. The van der Waals surface area contributed by atoms with Crippen LogP contribution in [0.5, 0.6) is 5.75 Å². The Kier molecular flexibility index (Phi) is 3.61. The van der Waals surface area contributed by atoms with E-state index in [1.165, 1.54) is 0 Å². The predicted octanol–water partition coefficient (Wildman–Crippen LogP) is 1.43. The summed E-state index contributed by atoms with van der Waals surface area (Å²) in [5, 5.41) is 0.